The van der Waals surface area contributed by atoms with Gasteiger partial charge in [0.1, 0.15) is 4.90 Å². The number of nitrogens with one attached hydrogen (secondary N) is 1. The fraction of sp³-hybridized carbons (Fsp3) is 0.308. The van der Waals surface area contributed by atoms with Crippen LogP contribution in [0.25, 0.3) is 0 Å². The Labute approximate surface area is 117 Å². The molecule has 0 bridgehead atoms. The average Bonchev–Trinajstić information content (AvgIpc) is 2.84. The van der Waals surface area contributed by atoms with Gasteiger partial charge < -0.3 is 5.73 Å². The lowest BCUT2D eigenvalue weighted by atomic mass is 10.0. The molecule has 0 fully saturated rings. The Bertz CT molecular complexity index is 738. The number of benzene rings is 1. The largest absolute Gasteiger partial charge is 0.326 e. The summed E-state index contributed by atoms with van der Waals surface area (Å²) in [7, 11) is -3.64. The first-order chi connectivity index (χ1) is 9.50. The SMILES string of the molecule is Cc1[nH]ncc1S(=O)(=O)N1CC(N)Cc2ccccc21. The molecule has 1 aliphatic heterocycles. The van der Waals surface area contributed by atoms with Gasteiger partial charge in [-0.1, -0.05) is 18.2 Å². The van der Waals surface area contributed by atoms with E-state index in [1.807, 2.05) is 24.3 Å². The Balaban J connectivity index is 2.13. The number of para-hydroxylation sites is 1. The monoisotopic (exact) mass is 292 g/mol. The zero-order valence-electron chi connectivity index (χ0n) is 11.1. The number of aromatic nitrogens is 2. The van der Waals surface area contributed by atoms with Crippen molar-refractivity contribution in [2.24, 2.45) is 5.73 Å². The lowest BCUT2D eigenvalue weighted by Crippen LogP contribution is -2.46. The average molecular weight is 292 g/mol. The van der Waals surface area contributed by atoms with E-state index in [0.717, 1.165) is 5.56 Å². The fourth-order valence-corrected chi connectivity index (χ4v) is 4.21. The maximum absolute atomic E-state index is 12.8. The Hall–Kier alpha value is -1.86. The molecule has 6 nitrogen and oxygen atoms in total. The summed E-state index contributed by atoms with van der Waals surface area (Å²) >= 11 is 0. The first-order valence-electron chi connectivity index (χ1n) is 6.36. The van der Waals surface area contributed by atoms with E-state index in [9.17, 15) is 8.42 Å². The van der Waals surface area contributed by atoms with Gasteiger partial charge >= 0.3 is 0 Å². The second-order valence-electron chi connectivity index (χ2n) is 4.99. The summed E-state index contributed by atoms with van der Waals surface area (Å²) in [6.07, 6.45) is 2.03. The molecule has 0 saturated carbocycles. The molecule has 0 spiro atoms. The molecule has 1 aliphatic rings. The highest BCUT2D eigenvalue weighted by atomic mass is 32.2. The summed E-state index contributed by atoms with van der Waals surface area (Å²) in [4.78, 5) is 0.196. The number of H-pyrrole nitrogens is 1. The Morgan fingerprint density at radius 2 is 2.15 bits per heavy atom. The lowest BCUT2D eigenvalue weighted by molar-refractivity contribution is 0.575. The van der Waals surface area contributed by atoms with Crippen molar-refractivity contribution >= 4 is 15.7 Å². The highest BCUT2D eigenvalue weighted by Gasteiger charge is 2.33. The van der Waals surface area contributed by atoms with Crippen LogP contribution in [0.2, 0.25) is 0 Å². The van der Waals surface area contributed by atoms with Crippen LogP contribution in [0.15, 0.2) is 35.4 Å². The molecule has 1 atom stereocenters. The normalized spacial score (nSPS) is 18.9. The predicted molar refractivity (Wildman–Crippen MR) is 76.0 cm³/mol. The van der Waals surface area contributed by atoms with E-state index >= 15 is 0 Å². The Morgan fingerprint density at radius 1 is 1.40 bits per heavy atom. The van der Waals surface area contributed by atoms with Crippen LogP contribution in [-0.2, 0) is 16.4 Å². The summed E-state index contributed by atoms with van der Waals surface area (Å²) in [5.41, 5.74) is 8.19. The van der Waals surface area contributed by atoms with Crippen molar-refractivity contribution in [1.82, 2.24) is 10.2 Å². The van der Waals surface area contributed by atoms with Crippen molar-refractivity contribution in [3.05, 3.63) is 41.7 Å². The van der Waals surface area contributed by atoms with E-state index in [2.05, 4.69) is 10.2 Å². The van der Waals surface area contributed by atoms with Gasteiger partial charge in [0.2, 0.25) is 0 Å². The second kappa shape index (κ2) is 4.60. The van der Waals surface area contributed by atoms with Crippen LogP contribution in [-0.4, -0.2) is 31.2 Å². The van der Waals surface area contributed by atoms with E-state index < -0.39 is 10.0 Å². The summed E-state index contributed by atoms with van der Waals surface area (Å²) in [5, 5.41) is 6.46. The van der Waals surface area contributed by atoms with Crippen molar-refractivity contribution in [1.29, 1.82) is 0 Å². The molecular weight excluding hydrogens is 276 g/mol. The van der Waals surface area contributed by atoms with Gasteiger partial charge in [-0.05, 0) is 25.0 Å². The van der Waals surface area contributed by atoms with Crippen LogP contribution in [0, 0.1) is 6.92 Å². The summed E-state index contributed by atoms with van der Waals surface area (Å²) < 4.78 is 27.0. The van der Waals surface area contributed by atoms with E-state index in [1.165, 1.54) is 10.5 Å². The number of aromatic amines is 1. The molecule has 0 saturated heterocycles. The lowest BCUT2D eigenvalue weighted by Gasteiger charge is -2.33. The molecule has 1 aromatic carbocycles. The summed E-state index contributed by atoms with van der Waals surface area (Å²) in [6.45, 7) is 1.97. The van der Waals surface area contributed by atoms with Crippen molar-refractivity contribution in [3.8, 4) is 0 Å². The molecule has 0 amide bonds. The maximum Gasteiger partial charge on any atom is 0.267 e. The number of fused-ring (bicyclic) bond motifs is 1. The Kier molecular flexibility index (Phi) is 3.02. The quantitative estimate of drug-likeness (QED) is 0.856. The second-order valence-corrected chi connectivity index (χ2v) is 6.82. The highest BCUT2D eigenvalue weighted by molar-refractivity contribution is 7.92. The number of hydrogen-bond donors (Lipinski definition) is 2. The molecule has 2 heterocycles. The van der Waals surface area contributed by atoms with Crippen LogP contribution in [0.1, 0.15) is 11.3 Å². The molecule has 0 aliphatic carbocycles. The zero-order valence-corrected chi connectivity index (χ0v) is 11.9. The highest BCUT2D eigenvalue weighted by Crippen LogP contribution is 2.31. The van der Waals surface area contributed by atoms with Crippen LogP contribution >= 0.6 is 0 Å². The molecule has 1 aromatic heterocycles. The minimum atomic E-state index is -3.64. The van der Waals surface area contributed by atoms with Gasteiger partial charge in [-0.15, -0.1) is 0 Å². The molecule has 7 heteroatoms. The first kappa shape index (κ1) is 13.1. The summed E-state index contributed by atoms with van der Waals surface area (Å²) in [6, 6.07) is 7.25. The van der Waals surface area contributed by atoms with Gasteiger partial charge in [0, 0.05) is 12.6 Å². The number of hydrogen-bond acceptors (Lipinski definition) is 4. The molecule has 1 unspecified atom stereocenters. The van der Waals surface area contributed by atoms with Crippen molar-refractivity contribution in [2.75, 3.05) is 10.8 Å². The van der Waals surface area contributed by atoms with Gasteiger partial charge in [0.15, 0.2) is 0 Å². The zero-order chi connectivity index (χ0) is 14.3. The van der Waals surface area contributed by atoms with Gasteiger partial charge in [-0.25, -0.2) is 8.42 Å². The van der Waals surface area contributed by atoms with Gasteiger partial charge in [-0.2, -0.15) is 5.10 Å². The van der Waals surface area contributed by atoms with Crippen LogP contribution in [0.5, 0.6) is 0 Å². The molecule has 106 valence electrons. The van der Waals surface area contributed by atoms with Gasteiger partial charge in [0.25, 0.3) is 10.0 Å². The molecule has 3 rings (SSSR count). The number of aryl methyl sites for hydroxylation is 1. The first-order valence-corrected chi connectivity index (χ1v) is 7.80. The fourth-order valence-electron chi connectivity index (χ4n) is 2.53. The third-order valence-electron chi connectivity index (χ3n) is 3.49. The van der Waals surface area contributed by atoms with Gasteiger partial charge in [-0.3, -0.25) is 9.40 Å². The van der Waals surface area contributed by atoms with E-state index in [0.29, 0.717) is 17.8 Å². The minimum Gasteiger partial charge on any atom is -0.326 e. The van der Waals surface area contributed by atoms with E-state index in [-0.39, 0.29) is 17.5 Å². The minimum absolute atomic E-state index is 0.196. The maximum atomic E-state index is 12.8. The third-order valence-corrected chi connectivity index (χ3v) is 5.39. The Morgan fingerprint density at radius 3 is 2.85 bits per heavy atom. The number of rotatable bonds is 2. The smallest absolute Gasteiger partial charge is 0.267 e. The topological polar surface area (TPSA) is 92.1 Å². The van der Waals surface area contributed by atoms with Crippen molar-refractivity contribution in [3.63, 3.8) is 0 Å². The summed E-state index contributed by atoms with van der Waals surface area (Å²) in [5.74, 6) is 0. The number of anilines is 1. The van der Waals surface area contributed by atoms with Gasteiger partial charge in [0.05, 0.1) is 17.6 Å². The molecule has 0 radical (unpaired) electrons. The van der Waals surface area contributed by atoms with E-state index in [1.54, 1.807) is 6.92 Å². The van der Waals surface area contributed by atoms with Crippen molar-refractivity contribution < 1.29 is 8.42 Å². The number of nitrogens with two attached hydrogens (primary N) is 1. The molecule has 2 aromatic rings. The third kappa shape index (κ3) is 1.99. The van der Waals surface area contributed by atoms with Crippen LogP contribution in [0.3, 0.4) is 0 Å². The van der Waals surface area contributed by atoms with Crippen LogP contribution < -0.4 is 10.0 Å². The molecule has 3 N–H and O–H groups in total. The number of sulfonamides is 1. The standard InChI is InChI=1S/C13H16N4O2S/c1-9-13(7-15-16-9)20(18,19)17-8-11(14)6-10-4-2-3-5-12(10)17/h2-5,7,11H,6,8,14H2,1H3,(H,15,16). The van der Waals surface area contributed by atoms with E-state index in [4.69, 9.17) is 5.73 Å². The van der Waals surface area contributed by atoms with Crippen molar-refractivity contribution in [2.45, 2.75) is 24.3 Å². The predicted octanol–water partition coefficient (Wildman–Crippen LogP) is 0.797. The molecular formula is C13H16N4O2S. The number of nitrogens with zero attached hydrogens (tertiary/aromatic N) is 2. The molecule has 20 heavy (non-hydrogen) atoms. The van der Waals surface area contributed by atoms with Crippen LogP contribution in [0.4, 0.5) is 5.69 Å².